The molecule has 1 aliphatic heterocycles. The maximum atomic E-state index is 14.3. The van der Waals surface area contributed by atoms with E-state index in [1.54, 1.807) is 25.1 Å². The summed E-state index contributed by atoms with van der Waals surface area (Å²) in [5.74, 6) is -2.80. The Balaban J connectivity index is 1.84. The van der Waals surface area contributed by atoms with Gasteiger partial charge < -0.3 is 5.32 Å². The van der Waals surface area contributed by atoms with Crippen LogP contribution in [0.15, 0.2) is 42.5 Å². The molecule has 4 rings (SSSR count). The molecule has 1 atom stereocenters. The summed E-state index contributed by atoms with van der Waals surface area (Å²) >= 11 is 5.98. The number of aryl methyl sites for hydroxylation is 1. The van der Waals surface area contributed by atoms with Gasteiger partial charge in [-0.2, -0.15) is 5.10 Å². The van der Waals surface area contributed by atoms with Gasteiger partial charge in [0.2, 0.25) is 5.91 Å². The molecule has 5 nitrogen and oxygen atoms in total. The number of nitrogens with one attached hydrogen (secondary N) is 1. The zero-order valence-electron chi connectivity index (χ0n) is 14.7. The fraction of sp³-hybridized carbons (Fsp3) is 0.150. The van der Waals surface area contributed by atoms with Gasteiger partial charge in [-0.15, -0.1) is 0 Å². The Morgan fingerprint density at radius 2 is 2.04 bits per heavy atom. The van der Waals surface area contributed by atoms with Gasteiger partial charge in [0.05, 0.1) is 11.6 Å². The molecule has 0 radical (unpaired) electrons. The van der Waals surface area contributed by atoms with Crippen LogP contribution in [0, 0.1) is 18.6 Å². The minimum atomic E-state index is -0.831. The molecule has 2 heterocycles. The molecule has 8 heteroatoms. The second-order valence-corrected chi connectivity index (χ2v) is 6.97. The molecule has 0 bridgehead atoms. The predicted octanol–water partition coefficient (Wildman–Crippen LogP) is 4.42. The number of ketones is 1. The molecule has 0 saturated carbocycles. The second kappa shape index (κ2) is 6.83. The second-order valence-electron chi connectivity index (χ2n) is 6.53. The van der Waals surface area contributed by atoms with Crippen molar-refractivity contribution in [3.63, 3.8) is 0 Å². The van der Waals surface area contributed by atoms with Gasteiger partial charge >= 0.3 is 0 Å². The van der Waals surface area contributed by atoms with Gasteiger partial charge in [0.15, 0.2) is 11.6 Å². The first-order valence-corrected chi connectivity index (χ1v) is 8.87. The Morgan fingerprint density at radius 3 is 2.75 bits per heavy atom. The molecule has 28 heavy (non-hydrogen) atoms. The number of fused-ring (bicyclic) bond motifs is 1. The van der Waals surface area contributed by atoms with Crippen LogP contribution in [0.2, 0.25) is 5.02 Å². The summed E-state index contributed by atoms with van der Waals surface area (Å²) in [4.78, 5) is 25.4. The van der Waals surface area contributed by atoms with E-state index in [4.69, 9.17) is 11.6 Å². The van der Waals surface area contributed by atoms with Crippen molar-refractivity contribution in [1.29, 1.82) is 0 Å². The Kier molecular flexibility index (Phi) is 4.47. The molecular weight excluding hydrogens is 388 g/mol. The average Bonchev–Trinajstić information content (AvgIpc) is 2.96. The van der Waals surface area contributed by atoms with Crippen molar-refractivity contribution in [3.05, 3.63) is 75.9 Å². The van der Waals surface area contributed by atoms with Gasteiger partial charge in [-0.1, -0.05) is 23.7 Å². The number of carbonyl (C=O) groups excluding carboxylic acids is 2. The number of aromatic nitrogens is 2. The summed E-state index contributed by atoms with van der Waals surface area (Å²) in [6.07, 6.45) is -0.0588. The number of halogens is 3. The van der Waals surface area contributed by atoms with Crippen LogP contribution < -0.4 is 5.32 Å². The zero-order chi connectivity index (χ0) is 20.0. The molecule has 2 aromatic carbocycles. The fourth-order valence-electron chi connectivity index (χ4n) is 3.44. The molecule has 3 aromatic rings. The van der Waals surface area contributed by atoms with Gasteiger partial charge in [-0.3, -0.25) is 9.59 Å². The van der Waals surface area contributed by atoms with E-state index in [0.717, 1.165) is 12.1 Å². The predicted molar refractivity (Wildman–Crippen MR) is 100.0 cm³/mol. The number of nitrogens with zero attached hydrogens (tertiary/aromatic N) is 2. The van der Waals surface area contributed by atoms with Gasteiger partial charge in [0.25, 0.3) is 0 Å². The lowest BCUT2D eigenvalue weighted by Gasteiger charge is -2.23. The van der Waals surface area contributed by atoms with Crippen molar-refractivity contribution in [2.24, 2.45) is 0 Å². The first kappa shape index (κ1) is 18.3. The summed E-state index contributed by atoms with van der Waals surface area (Å²) < 4.78 is 28.7. The van der Waals surface area contributed by atoms with Crippen LogP contribution in [0.25, 0.3) is 5.69 Å². The van der Waals surface area contributed by atoms with E-state index >= 15 is 0 Å². The van der Waals surface area contributed by atoms with E-state index < -0.39 is 23.5 Å². The van der Waals surface area contributed by atoms with E-state index in [-0.39, 0.29) is 23.7 Å². The SMILES string of the molecule is Cc1nn(-c2ccc(F)cc2F)c2c1[C@@H](C(=O)c1cccc(Cl)c1)CC(=O)N2. The lowest BCUT2D eigenvalue weighted by Crippen LogP contribution is -2.28. The quantitative estimate of drug-likeness (QED) is 0.661. The highest BCUT2D eigenvalue weighted by Gasteiger charge is 2.36. The third-order valence-corrected chi connectivity index (χ3v) is 4.90. The summed E-state index contributed by atoms with van der Waals surface area (Å²) in [7, 11) is 0. The number of Topliss-reactive ketones (excluding diaryl/α,β-unsaturated/α-hetero) is 1. The highest BCUT2D eigenvalue weighted by molar-refractivity contribution is 6.31. The summed E-state index contributed by atoms with van der Waals surface area (Å²) in [5, 5.41) is 7.36. The number of anilines is 1. The Hall–Kier alpha value is -3.06. The van der Waals surface area contributed by atoms with Crippen molar-refractivity contribution < 1.29 is 18.4 Å². The van der Waals surface area contributed by atoms with Crippen molar-refractivity contribution in [1.82, 2.24) is 9.78 Å². The van der Waals surface area contributed by atoms with E-state index in [1.165, 1.54) is 16.8 Å². The molecule has 0 saturated heterocycles. The maximum absolute atomic E-state index is 14.3. The zero-order valence-corrected chi connectivity index (χ0v) is 15.4. The van der Waals surface area contributed by atoms with Crippen LogP contribution in [-0.2, 0) is 4.79 Å². The Morgan fingerprint density at radius 1 is 1.25 bits per heavy atom. The van der Waals surface area contributed by atoms with Crippen LogP contribution in [0.1, 0.15) is 34.0 Å². The van der Waals surface area contributed by atoms with Gasteiger partial charge in [0.1, 0.15) is 17.3 Å². The van der Waals surface area contributed by atoms with E-state index in [2.05, 4.69) is 10.4 Å². The highest BCUT2D eigenvalue weighted by atomic mass is 35.5. The Bertz CT molecular complexity index is 1130. The molecule has 0 aliphatic carbocycles. The molecule has 0 unspecified atom stereocenters. The molecule has 1 aliphatic rings. The van der Waals surface area contributed by atoms with E-state index in [0.29, 0.717) is 21.8 Å². The first-order chi connectivity index (χ1) is 13.3. The summed E-state index contributed by atoms with van der Waals surface area (Å²) in [5.41, 5.74) is 1.33. The third kappa shape index (κ3) is 3.07. The van der Waals surface area contributed by atoms with Crippen molar-refractivity contribution >= 4 is 29.1 Å². The maximum Gasteiger partial charge on any atom is 0.226 e. The number of amides is 1. The van der Waals surface area contributed by atoms with Gasteiger partial charge in [-0.05, 0) is 31.2 Å². The van der Waals surface area contributed by atoms with Crippen LogP contribution in [0.3, 0.4) is 0 Å². The molecule has 1 aromatic heterocycles. The molecule has 142 valence electrons. The molecular formula is C20H14ClF2N3O2. The van der Waals surface area contributed by atoms with Crippen LogP contribution in [0.4, 0.5) is 14.6 Å². The monoisotopic (exact) mass is 401 g/mol. The smallest absolute Gasteiger partial charge is 0.226 e. The normalized spacial score (nSPS) is 15.9. The number of benzene rings is 2. The van der Waals surface area contributed by atoms with E-state index in [9.17, 15) is 18.4 Å². The molecule has 0 spiro atoms. The lowest BCUT2D eigenvalue weighted by molar-refractivity contribution is -0.116. The molecule has 0 fully saturated rings. The van der Waals surface area contributed by atoms with Crippen molar-refractivity contribution in [2.75, 3.05) is 5.32 Å². The topological polar surface area (TPSA) is 64.0 Å². The van der Waals surface area contributed by atoms with Gasteiger partial charge in [0, 0.05) is 28.6 Å². The molecule has 1 N–H and O–H groups in total. The minimum absolute atomic E-state index is 0.0260. The van der Waals surface area contributed by atoms with Gasteiger partial charge in [-0.25, -0.2) is 13.5 Å². The third-order valence-electron chi connectivity index (χ3n) is 4.67. The highest BCUT2D eigenvalue weighted by Crippen LogP contribution is 2.38. The first-order valence-electron chi connectivity index (χ1n) is 8.49. The van der Waals surface area contributed by atoms with Crippen LogP contribution in [0.5, 0.6) is 0 Å². The number of hydrogen-bond acceptors (Lipinski definition) is 3. The number of hydrogen-bond donors (Lipinski definition) is 1. The summed E-state index contributed by atoms with van der Waals surface area (Å²) in [6.45, 7) is 1.67. The average molecular weight is 402 g/mol. The van der Waals surface area contributed by atoms with Crippen LogP contribution in [-0.4, -0.2) is 21.5 Å². The number of rotatable bonds is 3. The molecule has 1 amide bonds. The standard InChI is InChI=1S/C20H14ClF2N3O2/c1-10-18-14(19(28)11-3-2-4-12(21)7-11)9-17(27)24-20(18)26(25-10)16-6-5-13(22)8-15(16)23/h2-8,14H,9H2,1H3,(H,24,27)/t14-/m0/s1. The van der Waals surface area contributed by atoms with E-state index in [1.807, 2.05) is 0 Å². The summed E-state index contributed by atoms with van der Waals surface area (Å²) in [6, 6.07) is 9.53. The van der Waals surface area contributed by atoms with Crippen molar-refractivity contribution in [3.8, 4) is 5.69 Å². The Labute approximate surface area is 163 Å². The number of carbonyl (C=O) groups is 2. The minimum Gasteiger partial charge on any atom is -0.310 e. The fourth-order valence-corrected chi connectivity index (χ4v) is 3.63. The largest absolute Gasteiger partial charge is 0.310 e. The lowest BCUT2D eigenvalue weighted by atomic mass is 9.85. The van der Waals surface area contributed by atoms with Crippen LogP contribution >= 0.6 is 11.6 Å². The van der Waals surface area contributed by atoms with Crippen molar-refractivity contribution in [2.45, 2.75) is 19.3 Å².